The molecular weight excluding hydrogens is 309 g/mol. The van der Waals surface area contributed by atoms with Crippen LogP contribution in [0, 0.1) is 0 Å². The number of alkyl halides is 3. The summed E-state index contributed by atoms with van der Waals surface area (Å²) in [5, 5.41) is 0.152. The van der Waals surface area contributed by atoms with Gasteiger partial charge in [-0.2, -0.15) is 0 Å². The fraction of sp³-hybridized carbons (Fsp3) is 0.0833. The molecule has 21 heavy (non-hydrogen) atoms. The molecule has 0 bridgehead atoms. The summed E-state index contributed by atoms with van der Waals surface area (Å²) in [6, 6.07) is 5.44. The highest BCUT2D eigenvalue weighted by Gasteiger charge is 2.31. The Kier molecular flexibility index (Phi) is 3.17. The molecule has 0 unspecified atom stereocenters. The zero-order valence-electron chi connectivity index (χ0n) is 10.2. The molecule has 0 aliphatic heterocycles. The highest BCUT2D eigenvalue weighted by Crippen LogP contribution is 2.27. The van der Waals surface area contributed by atoms with Crippen molar-refractivity contribution in [2.24, 2.45) is 0 Å². The molecule has 0 spiro atoms. The van der Waals surface area contributed by atoms with Crippen LogP contribution in [0.25, 0.3) is 16.9 Å². The molecule has 0 radical (unpaired) electrons. The van der Waals surface area contributed by atoms with E-state index in [1.807, 2.05) is 0 Å². The van der Waals surface area contributed by atoms with Gasteiger partial charge in [0.25, 0.3) is 0 Å². The molecule has 9 heteroatoms. The lowest BCUT2D eigenvalue weighted by Crippen LogP contribution is -2.17. The molecule has 2 heterocycles. The van der Waals surface area contributed by atoms with Crippen molar-refractivity contribution in [1.29, 1.82) is 0 Å². The van der Waals surface area contributed by atoms with Crippen LogP contribution in [-0.4, -0.2) is 25.9 Å². The normalized spacial score (nSPS) is 11.8. The smallest absolute Gasteiger partial charge is 0.406 e. The molecule has 3 aromatic rings. The number of rotatable bonds is 2. The molecule has 0 N–H and O–H groups in total. The van der Waals surface area contributed by atoms with E-state index in [-0.39, 0.29) is 10.9 Å². The van der Waals surface area contributed by atoms with Crippen molar-refractivity contribution >= 4 is 22.8 Å². The van der Waals surface area contributed by atoms with Crippen LogP contribution in [0.1, 0.15) is 0 Å². The number of aromatic nitrogens is 4. The van der Waals surface area contributed by atoms with Gasteiger partial charge in [0, 0.05) is 6.07 Å². The highest BCUT2D eigenvalue weighted by atomic mass is 35.5. The van der Waals surface area contributed by atoms with Gasteiger partial charge in [0.05, 0.1) is 5.69 Å². The summed E-state index contributed by atoms with van der Waals surface area (Å²) in [4.78, 5) is 11.8. The number of ether oxygens (including phenoxy) is 1. The number of halogens is 4. The van der Waals surface area contributed by atoms with E-state index in [0.717, 1.165) is 0 Å². The van der Waals surface area contributed by atoms with Crippen LogP contribution in [0.4, 0.5) is 13.2 Å². The van der Waals surface area contributed by atoms with Crippen LogP contribution >= 0.6 is 11.6 Å². The summed E-state index contributed by atoms with van der Waals surface area (Å²) in [7, 11) is 0. The van der Waals surface area contributed by atoms with E-state index in [9.17, 15) is 13.2 Å². The summed E-state index contributed by atoms with van der Waals surface area (Å²) in [5.41, 5.74) is 1.15. The highest BCUT2D eigenvalue weighted by molar-refractivity contribution is 6.33. The SMILES string of the molecule is FC(F)(F)Oc1cccc(-n2cnc3ncnc(Cl)c32)c1. The van der Waals surface area contributed by atoms with Crippen molar-refractivity contribution in [3.8, 4) is 11.4 Å². The molecule has 0 aliphatic carbocycles. The summed E-state index contributed by atoms with van der Waals surface area (Å²) in [5.74, 6) is -0.338. The Morgan fingerprint density at radius 3 is 2.71 bits per heavy atom. The summed E-state index contributed by atoms with van der Waals surface area (Å²) in [6.45, 7) is 0. The Bertz CT molecular complexity index is 803. The average Bonchev–Trinajstić information content (AvgIpc) is 2.82. The lowest BCUT2D eigenvalue weighted by atomic mass is 10.3. The third-order valence-corrected chi connectivity index (χ3v) is 2.90. The fourth-order valence-corrected chi connectivity index (χ4v) is 2.07. The first-order valence-electron chi connectivity index (χ1n) is 5.64. The first kappa shape index (κ1) is 13.6. The maximum atomic E-state index is 12.3. The zero-order valence-corrected chi connectivity index (χ0v) is 10.9. The van der Waals surface area contributed by atoms with Gasteiger partial charge in [0.2, 0.25) is 0 Å². The molecule has 0 fully saturated rings. The summed E-state index contributed by atoms with van der Waals surface area (Å²) < 4.78 is 42.1. The van der Waals surface area contributed by atoms with E-state index in [1.165, 1.54) is 35.4 Å². The van der Waals surface area contributed by atoms with E-state index in [0.29, 0.717) is 16.9 Å². The molecule has 0 saturated heterocycles. The van der Waals surface area contributed by atoms with Gasteiger partial charge in [0.1, 0.15) is 23.9 Å². The van der Waals surface area contributed by atoms with Gasteiger partial charge < -0.3 is 4.74 Å². The number of imidazole rings is 1. The summed E-state index contributed by atoms with van der Waals surface area (Å²) in [6.07, 6.45) is -2.10. The van der Waals surface area contributed by atoms with Crippen LogP contribution < -0.4 is 4.74 Å². The van der Waals surface area contributed by atoms with Crippen molar-refractivity contribution in [2.45, 2.75) is 6.36 Å². The van der Waals surface area contributed by atoms with Crippen LogP contribution in [0.2, 0.25) is 5.15 Å². The maximum Gasteiger partial charge on any atom is 0.573 e. The molecule has 0 aliphatic rings. The predicted octanol–water partition coefficient (Wildman–Crippen LogP) is 3.37. The number of nitrogens with zero attached hydrogens (tertiary/aromatic N) is 4. The molecule has 108 valence electrons. The second-order valence-electron chi connectivity index (χ2n) is 4.00. The number of benzene rings is 1. The number of hydrogen-bond acceptors (Lipinski definition) is 4. The van der Waals surface area contributed by atoms with Crippen molar-refractivity contribution in [1.82, 2.24) is 19.5 Å². The Balaban J connectivity index is 2.09. The largest absolute Gasteiger partial charge is 0.573 e. The molecule has 2 aromatic heterocycles. The van der Waals surface area contributed by atoms with E-state index >= 15 is 0 Å². The van der Waals surface area contributed by atoms with Crippen molar-refractivity contribution < 1.29 is 17.9 Å². The number of hydrogen-bond donors (Lipinski definition) is 0. The van der Waals surface area contributed by atoms with E-state index in [1.54, 1.807) is 6.07 Å². The van der Waals surface area contributed by atoms with Crippen LogP contribution in [0.5, 0.6) is 5.75 Å². The first-order valence-corrected chi connectivity index (χ1v) is 6.01. The third-order valence-electron chi connectivity index (χ3n) is 2.62. The summed E-state index contributed by atoms with van der Waals surface area (Å²) >= 11 is 5.98. The van der Waals surface area contributed by atoms with Crippen molar-refractivity contribution in [3.05, 3.63) is 42.1 Å². The standard InChI is InChI=1S/C12H6ClF3N4O/c13-10-9-11(18-5-17-10)19-6-20(9)7-2-1-3-8(4-7)21-12(14,15)16/h1-6H. The van der Waals surface area contributed by atoms with Crippen LogP contribution in [0.3, 0.4) is 0 Å². The molecule has 5 nitrogen and oxygen atoms in total. The van der Waals surface area contributed by atoms with Gasteiger partial charge in [-0.05, 0) is 12.1 Å². The predicted molar refractivity (Wildman–Crippen MR) is 68.4 cm³/mol. The molecular formula is C12H6ClF3N4O. The van der Waals surface area contributed by atoms with Crippen molar-refractivity contribution in [2.75, 3.05) is 0 Å². The van der Waals surface area contributed by atoms with Crippen LogP contribution in [0.15, 0.2) is 36.9 Å². The van der Waals surface area contributed by atoms with E-state index < -0.39 is 6.36 Å². The molecule has 1 aromatic carbocycles. The molecule has 0 amide bonds. The quantitative estimate of drug-likeness (QED) is 0.681. The first-order chi connectivity index (χ1) is 9.94. The Morgan fingerprint density at radius 1 is 1.14 bits per heavy atom. The topological polar surface area (TPSA) is 52.8 Å². The van der Waals surface area contributed by atoms with Gasteiger partial charge in [-0.25, -0.2) is 15.0 Å². The minimum Gasteiger partial charge on any atom is -0.406 e. The Hall–Kier alpha value is -2.35. The lowest BCUT2D eigenvalue weighted by Gasteiger charge is -2.10. The van der Waals surface area contributed by atoms with Gasteiger partial charge in [-0.3, -0.25) is 4.57 Å². The van der Waals surface area contributed by atoms with Gasteiger partial charge in [-0.15, -0.1) is 13.2 Å². The third kappa shape index (κ3) is 2.75. The van der Waals surface area contributed by atoms with Gasteiger partial charge >= 0.3 is 6.36 Å². The van der Waals surface area contributed by atoms with Crippen molar-refractivity contribution in [3.63, 3.8) is 0 Å². The fourth-order valence-electron chi connectivity index (χ4n) is 1.85. The number of fused-ring (bicyclic) bond motifs is 1. The van der Waals surface area contributed by atoms with Gasteiger partial charge in [0.15, 0.2) is 10.8 Å². The molecule has 3 rings (SSSR count). The lowest BCUT2D eigenvalue weighted by molar-refractivity contribution is -0.274. The van der Waals surface area contributed by atoms with Crippen LogP contribution in [-0.2, 0) is 0 Å². The molecule has 0 atom stereocenters. The maximum absolute atomic E-state index is 12.3. The zero-order chi connectivity index (χ0) is 15.0. The van der Waals surface area contributed by atoms with E-state index in [4.69, 9.17) is 11.6 Å². The Labute approximate surface area is 121 Å². The molecule has 0 saturated carbocycles. The second kappa shape index (κ2) is 4.88. The second-order valence-corrected chi connectivity index (χ2v) is 4.35. The minimum absolute atomic E-state index is 0.152. The monoisotopic (exact) mass is 314 g/mol. The Morgan fingerprint density at radius 2 is 1.95 bits per heavy atom. The van der Waals surface area contributed by atoms with E-state index in [2.05, 4.69) is 19.7 Å². The van der Waals surface area contributed by atoms with Gasteiger partial charge in [-0.1, -0.05) is 17.7 Å². The average molecular weight is 315 g/mol. The minimum atomic E-state index is -4.75.